The van der Waals surface area contributed by atoms with Gasteiger partial charge in [-0.15, -0.1) is 0 Å². The van der Waals surface area contributed by atoms with Gasteiger partial charge in [-0.3, -0.25) is 4.79 Å². The van der Waals surface area contributed by atoms with Crippen LogP contribution in [0.1, 0.15) is 27.9 Å². The third-order valence-corrected chi connectivity index (χ3v) is 6.65. The quantitative estimate of drug-likeness (QED) is 0.832. The highest BCUT2D eigenvalue weighted by Crippen LogP contribution is 2.19. The summed E-state index contributed by atoms with van der Waals surface area (Å²) in [4.78, 5) is 14.9. The first kappa shape index (κ1) is 18.6. The number of aryl methyl sites for hydroxylation is 2. The molecule has 2 aromatic rings. The molecule has 0 spiro atoms. The first-order valence-corrected chi connectivity index (χ1v) is 10.3. The minimum Gasteiger partial charge on any atom is -0.337 e. The van der Waals surface area contributed by atoms with Crippen molar-refractivity contribution in [2.75, 3.05) is 26.2 Å². The van der Waals surface area contributed by atoms with E-state index in [0.717, 1.165) is 11.1 Å². The van der Waals surface area contributed by atoms with E-state index in [9.17, 15) is 13.2 Å². The summed E-state index contributed by atoms with van der Waals surface area (Å²) in [6.45, 7) is 5.64. The number of hydrogen-bond acceptors (Lipinski definition) is 3. The molecule has 1 amide bonds. The van der Waals surface area contributed by atoms with Crippen LogP contribution < -0.4 is 0 Å². The normalized spacial score (nSPS) is 16.3. The highest BCUT2D eigenvalue weighted by Gasteiger charge is 2.28. The van der Waals surface area contributed by atoms with E-state index in [1.807, 2.05) is 32.0 Å². The molecule has 26 heavy (non-hydrogen) atoms. The van der Waals surface area contributed by atoms with Crippen molar-refractivity contribution in [2.45, 2.75) is 25.2 Å². The van der Waals surface area contributed by atoms with Crippen LogP contribution in [0.4, 0.5) is 0 Å². The molecule has 5 nitrogen and oxygen atoms in total. The number of hydrogen-bond donors (Lipinski definition) is 0. The Bertz CT molecular complexity index is 895. The van der Waals surface area contributed by atoms with Crippen LogP contribution in [0, 0.1) is 13.8 Å². The molecule has 6 heteroatoms. The number of carbonyl (C=O) groups excluding carboxylic acids is 1. The average Bonchev–Trinajstić information content (AvgIpc) is 2.89. The summed E-state index contributed by atoms with van der Waals surface area (Å²) in [6.07, 6.45) is 0.628. The van der Waals surface area contributed by atoms with Crippen LogP contribution in [0.15, 0.2) is 53.4 Å². The van der Waals surface area contributed by atoms with Crippen LogP contribution in [0.3, 0.4) is 0 Å². The summed E-state index contributed by atoms with van der Waals surface area (Å²) < 4.78 is 27.1. The van der Waals surface area contributed by atoms with Crippen molar-refractivity contribution < 1.29 is 13.2 Å². The van der Waals surface area contributed by atoms with Gasteiger partial charge in [0.05, 0.1) is 4.90 Å². The third-order valence-electron chi connectivity index (χ3n) is 4.74. The van der Waals surface area contributed by atoms with Crippen molar-refractivity contribution in [3.05, 3.63) is 65.2 Å². The topological polar surface area (TPSA) is 57.7 Å². The molecule has 0 aromatic heterocycles. The maximum Gasteiger partial charge on any atom is 0.254 e. The fourth-order valence-corrected chi connectivity index (χ4v) is 4.79. The fourth-order valence-electron chi connectivity index (χ4n) is 3.30. The van der Waals surface area contributed by atoms with Gasteiger partial charge >= 0.3 is 0 Å². The number of sulfonamides is 1. The average molecular weight is 372 g/mol. The van der Waals surface area contributed by atoms with Crippen molar-refractivity contribution >= 4 is 15.9 Å². The lowest BCUT2D eigenvalue weighted by Crippen LogP contribution is -2.37. The summed E-state index contributed by atoms with van der Waals surface area (Å²) in [5, 5.41) is 0. The van der Waals surface area contributed by atoms with Crippen LogP contribution in [0.5, 0.6) is 0 Å². The fraction of sp³-hybridized carbons (Fsp3) is 0.350. The van der Waals surface area contributed by atoms with E-state index in [0.29, 0.717) is 43.1 Å². The Morgan fingerprint density at radius 3 is 2.35 bits per heavy atom. The first-order valence-electron chi connectivity index (χ1n) is 8.81. The molecule has 1 fully saturated rings. The SMILES string of the molecule is Cc1ccc(C(=O)N2CCCN(S(=O)(=O)c3ccccc3)CC2)c(C)c1. The molecule has 0 atom stereocenters. The van der Waals surface area contributed by atoms with Gasteiger partial charge in [-0.1, -0.05) is 35.9 Å². The summed E-state index contributed by atoms with van der Waals surface area (Å²) in [6, 6.07) is 14.3. The second-order valence-electron chi connectivity index (χ2n) is 6.68. The molecular weight excluding hydrogens is 348 g/mol. The second-order valence-corrected chi connectivity index (χ2v) is 8.62. The molecule has 0 N–H and O–H groups in total. The van der Waals surface area contributed by atoms with E-state index in [2.05, 4.69) is 0 Å². The minimum absolute atomic E-state index is 0.0264. The maximum atomic E-state index is 12.9. The van der Waals surface area contributed by atoms with E-state index in [1.54, 1.807) is 35.2 Å². The van der Waals surface area contributed by atoms with Crippen molar-refractivity contribution in [1.82, 2.24) is 9.21 Å². The molecule has 0 bridgehead atoms. The lowest BCUT2D eigenvalue weighted by molar-refractivity contribution is 0.0763. The van der Waals surface area contributed by atoms with Gasteiger partial charge < -0.3 is 4.90 Å². The number of benzene rings is 2. The minimum atomic E-state index is -3.52. The van der Waals surface area contributed by atoms with Gasteiger partial charge in [0.1, 0.15) is 0 Å². The lowest BCUT2D eigenvalue weighted by atomic mass is 10.0. The summed E-state index contributed by atoms with van der Waals surface area (Å²) >= 11 is 0. The van der Waals surface area contributed by atoms with E-state index >= 15 is 0 Å². The second kappa shape index (κ2) is 7.60. The van der Waals surface area contributed by atoms with Crippen molar-refractivity contribution in [3.8, 4) is 0 Å². The monoisotopic (exact) mass is 372 g/mol. The van der Waals surface area contributed by atoms with Gasteiger partial charge in [0.2, 0.25) is 10.0 Å². The van der Waals surface area contributed by atoms with Crippen LogP contribution in [-0.4, -0.2) is 49.7 Å². The summed E-state index contributed by atoms with van der Waals surface area (Å²) in [7, 11) is -3.52. The maximum absolute atomic E-state index is 12.9. The first-order chi connectivity index (χ1) is 12.4. The zero-order valence-electron chi connectivity index (χ0n) is 15.2. The van der Waals surface area contributed by atoms with E-state index in [-0.39, 0.29) is 5.91 Å². The predicted molar refractivity (Wildman–Crippen MR) is 102 cm³/mol. The van der Waals surface area contributed by atoms with Gasteiger partial charge in [0.15, 0.2) is 0 Å². The third kappa shape index (κ3) is 3.81. The molecule has 138 valence electrons. The molecule has 1 heterocycles. The highest BCUT2D eigenvalue weighted by atomic mass is 32.2. The van der Waals surface area contributed by atoms with Crippen LogP contribution in [0.2, 0.25) is 0 Å². The summed E-state index contributed by atoms with van der Waals surface area (Å²) in [5.74, 6) is -0.0264. The van der Waals surface area contributed by atoms with Gasteiger partial charge in [-0.2, -0.15) is 4.31 Å². The lowest BCUT2D eigenvalue weighted by Gasteiger charge is -2.22. The highest BCUT2D eigenvalue weighted by molar-refractivity contribution is 7.89. The Morgan fingerprint density at radius 1 is 0.923 bits per heavy atom. The largest absolute Gasteiger partial charge is 0.337 e. The van der Waals surface area contributed by atoms with Gasteiger partial charge in [0.25, 0.3) is 5.91 Å². The Hall–Kier alpha value is -2.18. The van der Waals surface area contributed by atoms with E-state index < -0.39 is 10.0 Å². The Labute approximate surface area is 155 Å². The molecule has 1 saturated heterocycles. The van der Waals surface area contributed by atoms with E-state index in [1.165, 1.54) is 4.31 Å². The van der Waals surface area contributed by atoms with E-state index in [4.69, 9.17) is 0 Å². The predicted octanol–water partition coefficient (Wildman–Crippen LogP) is 2.84. The van der Waals surface area contributed by atoms with Crippen molar-refractivity contribution in [1.29, 1.82) is 0 Å². The van der Waals surface area contributed by atoms with Gasteiger partial charge in [0, 0.05) is 31.7 Å². The molecule has 3 rings (SSSR count). The molecule has 0 radical (unpaired) electrons. The molecule has 0 saturated carbocycles. The number of rotatable bonds is 3. The Balaban J connectivity index is 1.75. The number of nitrogens with zero attached hydrogens (tertiary/aromatic N) is 2. The van der Waals surface area contributed by atoms with Gasteiger partial charge in [-0.05, 0) is 44.0 Å². The Kier molecular flexibility index (Phi) is 5.44. The summed E-state index contributed by atoms with van der Waals surface area (Å²) in [5.41, 5.74) is 2.76. The molecule has 1 aliphatic heterocycles. The zero-order valence-corrected chi connectivity index (χ0v) is 16.0. The molecule has 0 aliphatic carbocycles. The molecule has 1 aliphatic rings. The standard InChI is InChI=1S/C20H24N2O3S/c1-16-9-10-19(17(2)15-16)20(23)21-11-6-12-22(14-13-21)26(24,25)18-7-4-3-5-8-18/h3-5,7-10,15H,6,11-14H2,1-2H3. The number of carbonyl (C=O) groups is 1. The van der Waals surface area contributed by atoms with Crippen LogP contribution >= 0.6 is 0 Å². The molecular formula is C20H24N2O3S. The number of amides is 1. The van der Waals surface area contributed by atoms with Crippen molar-refractivity contribution in [3.63, 3.8) is 0 Å². The van der Waals surface area contributed by atoms with Crippen molar-refractivity contribution in [2.24, 2.45) is 0 Å². The Morgan fingerprint density at radius 2 is 1.65 bits per heavy atom. The molecule has 0 unspecified atom stereocenters. The van der Waals surface area contributed by atoms with Gasteiger partial charge in [-0.25, -0.2) is 8.42 Å². The van der Waals surface area contributed by atoms with Crippen LogP contribution in [-0.2, 0) is 10.0 Å². The van der Waals surface area contributed by atoms with Crippen LogP contribution in [0.25, 0.3) is 0 Å². The molecule has 2 aromatic carbocycles. The smallest absolute Gasteiger partial charge is 0.254 e. The zero-order chi connectivity index (χ0) is 18.7.